The summed E-state index contributed by atoms with van der Waals surface area (Å²) in [6.45, 7) is 0.417. The predicted molar refractivity (Wildman–Crippen MR) is 101 cm³/mol. The summed E-state index contributed by atoms with van der Waals surface area (Å²) in [5.74, 6) is 0.0525. The average molecular weight is 374 g/mol. The molecule has 0 atom stereocenters. The Balaban J connectivity index is 1.64. The SMILES string of the molecule is CSc1ccc(CNC(=O)c2n[nH]nc2Nc2ccc(Cl)cc2)cc1. The van der Waals surface area contributed by atoms with Gasteiger partial charge in [0.15, 0.2) is 11.5 Å². The third-order valence-electron chi connectivity index (χ3n) is 3.48. The van der Waals surface area contributed by atoms with Crippen molar-refractivity contribution in [3.8, 4) is 0 Å². The van der Waals surface area contributed by atoms with E-state index in [4.69, 9.17) is 11.6 Å². The van der Waals surface area contributed by atoms with E-state index in [2.05, 4.69) is 26.0 Å². The third-order valence-corrected chi connectivity index (χ3v) is 4.48. The Labute approximate surface area is 154 Å². The van der Waals surface area contributed by atoms with Crippen molar-refractivity contribution in [2.45, 2.75) is 11.4 Å². The molecule has 1 heterocycles. The van der Waals surface area contributed by atoms with Gasteiger partial charge in [0.25, 0.3) is 5.91 Å². The first-order valence-corrected chi connectivity index (χ1v) is 9.10. The fraction of sp³-hybridized carbons (Fsp3) is 0.118. The van der Waals surface area contributed by atoms with Gasteiger partial charge in [-0.25, -0.2) is 0 Å². The van der Waals surface area contributed by atoms with Gasteiger partial charge in [-0.2, -0.15) is 5.21 Å². The third kappa shape index (κ3) is 4.52. The first-order chi connectivity index (χ1) is 12.2. The smallest absolute Gasteiger partial charge is 0.275 e. The molecule has 128 valence electrons. The largest absolute Gasteiger partial charge is 0.346 e. The molecular formula is C17H16ClN5OS. The monoisotopic (exact) mass is 373 g/mol. The van der Waals surface area contributed by atoms with E-state index in [0.717, 1.165) is 11.3 Å². The standard InChI is InChI=1S/C17H16ClN5OS/c1-25-14-8-2-11(3-9-14)10-19-17(24)15-16(22-23-21-15)20-13-6-4-12(18)5-7-13/h2-9H,10H2,1H3,(H,19,24)(H2,20,21,22,23). The van der Waals surface area contributed by atoms with Crippen LogP contribution in [0.3, 0.4) is 0 Å². The van der Waals surface area contributed by atoms with Gasteiger partial charge in [0.05, 0.1) is 0 Å². The van der Waals surface area contributed by atoms with Crippen molar-refractivity contribution >= 4 is 40.8 Å². The van der Waals surface area contributed by atoms with Crippen LogP contribution in [0.25, 0.3) is 0 Å². The molecule has 6 nitrogen and oxygen atoms in total. The molecule has 2 aromatic carbocycles. The van der Waals surface area contributed by atoms with Crippen LogP contribution in [0.15, 0.2) is 53.4 Å². The van der Waals surface area contributed by atoms with Crippen LogP contribution < -0.4 is 10.6 Å². The lowest BCUT2D eigenvalue weighted by atomic mass is 10.2. The van der Waals surface area contributed by atoms with E-state index < -0.39 is 0 Å². The van der Waals surface area contributed by atoms with E-state index in [-0.39, 0.29) is 11.6 Å². The summed E-state index contributed by atoms with van der Waals surface area (Å²) >= 11 is 7.54. The summed E-state index contributed by atoms with van der Waals surface area (Å²) in [6, 6.07) is 15.1. The molecule has 0 fully saturated rings. The van der Waals surface area contributed by atoms with Gasteiger partial charge in [-0.1, -0.05) is 23.7 Å². The Morgan fingerprint density at radius 2 is 1.84 bits per heavy atom. The molecule has 1 aromatic heterocycles. The minimum atomic E-state index is -0.306. The number of aromatic amines is 1. The number of carbonyl (C=O) groups is 1. The second-order valence-corrected chi connectivity index (χ2v) is 6.50. The van der Waals surface area contributed by atoms with Crippen molar-refractivity contribution in [1.29, 1.82) is 0 Å². The average Bonchev–Trinajstić information content (AvgIpc) is 3.10. The highest BCUT2D eigenvalue weighted by molar-refractivity contribution is 7.98. The summed E-state index contributed by atoms with van der Waals surface area (Å²) < 4.78 is 0. The van der Waals surface area contributed by atoms with Crippen molar-refractivity contribution in [3.63, 3.8) is 0 Å². The lowest BCUT2D eigenvalue weighted by Gasteiger charge is -2.07. The number of aromatic nitrogens is 3. The van der Waals surface area contributed by atoms with Crippen LogP contribution in [0.4, 0.5) is 11.5 Å². The lowest BCUT2D eigenvalue weighted by Crippen LogP contribution is -2.24. The maximum Gasteiger partial charge on any atom is 0.275 e. The van der Waals surface area contributed by atoms with Crippen molar-refractivity contribution < 1.29 is 4.79 Å². The van der Waals surface area contributed by atoms with E-state index in [1.807, 2.05) is 30.5 Å². The predicted octanol–water partition coefficient (Wildman–Crippen LogP) is 3.85. The molecule has 1 amide bonds. The molecule has 3 rings (SSSR count). The van der Waals surface area contributed by atoms with E-state index in [1.54, 1.807) is 36.0 Å². The molecule has 0 radical (unpaired) electrons. The summed E-state index contributed by atoms with van der Waals surface area (Å²) in [5, 5.41) is 16.9. The molecular weight excluding hydrogens is 358 g/mol. The second kappa shape index (κ2) is 8.04. The van der Waals surface area contributed by atoms with Crippen LogP contribution in [0, 0.1) is 0 Å². The van der Waals surface area contributed by atoms with E-state index in [1.165, 1.54) is 4.90 Å². The Kier molecular flexibility index (Phi) is 5.57. The molecule has 0 spiro atoms. The quantitative estimate of drug-likeness (QED) is 0.571. The van der Waals surface area contributed by atoms with E-state index in [9.17, 15) is 4.79 Å². The topological polar surface area (TPSA) is 82.7 Å². The number of anilines is 2. The number of benzene rings is 2. The van der Waals surface area contributed by atoms with Crippen molar-refractivity contribution in [3.05, 3.63) is 64.8 Å². The number of hydrogen-bond acceptors (Lipinski definition) is 5. The second-order valence-electron chi connectivity index (χ2n) is 5.18. The molecule has 0 aliphatic carbocycles. The molecule has 0 bridgehead atoms. The number of halogens is 1. The summed E-state index contributed by atoms with van der Waals surface area (Å²) in [5.41, 5.74) is 1.98. The minimum Gasteiger partial charge on any atom is -0.346 e. The summed E-state index contributed by atoms with van der Waals surface area (Å²) in [6.07, 6.45) is 2.02. The number of H-pyrrole nitrogens is 1. The van der Waals surface area contributed by atoms with Crippen LogP contribution in [0.5, 0.6) is 0 Å². The number of amides is 1. The highest BCUT2D eigenvalue weighted by Gasteiger charge is 2.16. The Bertz CT molecular complexity index is 848. The molecule has 25 heavy (non-hydrogen) atoms. The van der Waals surface area contributed by atoms with Gasteiger partial charge < -0.3 is 10.6 Å². The number of rotatable bonds is 6. The number of carbonyl (C=O) groups excluding carboxylic acids is 1. The number of nitrogens with zero attached hydrogens (tertiary/aromatic N) is 2. The fourth-order valence-corrected chi connectivity index (χ4v) is 2.69. The maximum atomic E-state index is 12.4. The highest BCUT2D eigenvalue weighted by Crippen LogP contribution is 2.19. The van der Waals surface area contributed by atoms with Crippen LogP contribution in [-0.4, -0.2) is 27.6 Å². The molecule has 0 saturated heterocycles. The zero-order chi connectivity index (χ0) is 17.6. The molecule has 0 unspecified atom stereocenters. The Hall–Kier alpha value is -2.51. The summed E-state index contributed by atoms with van der Waals surface area (Å²) in [4.78, 5) is 13.6. The van der Waals surface area contributed by atoms with Crippen LogP contribution in [0.1, 0.15) is 16.1 Å². The first-order valence-electron chi connectivity index (χ1n) is 7.50. The molecule has 8 heteroatoms. The highest BCUT2D eigenvalue weighted by atomic mass is 35.5. The van der Waals surface area contributed by atoms with Gasteiger partial charge in [0.2, 0.25) is 0 Å². The zero-order valence-electron chi connectivity index (χ0n) is 13.4. The van der Waals surface area contributed by atoms with E-state index >= 15 is 0 Å². The molecule has 0 saturated carbocycles. The lowest BCUT2D eigenvalue weighted by molar-refractivity contribution is 0.0946. The molecule has 0 aliphatic rings. The number of hydrogen-bond donors (Lipinski definition) is 3. The van der Waals surface area contributed by atoms with Gasteiger partial charge in [-0.15, -0.1) is 22.0 Å². The van der Waals surface area contributed by atoms with Gasteiger partial charge in [0.1, 0.15) is 0 Å². The van der Waals surface area contributed by atoms with Crippen molar-refractivity contribution in [2.75, 3.05) is 11.6 Å². The van der Waals surface area contributed by atoms with Crippen LogP contribution in [0.2, 0.25) is 5.02 Å². The number of nitrogens with one attached hydrogen (secondary N) is 3. The summed E-state index contributed by atoms with van der Waals surface area (Å²) in [7, 11) is 0. The minimum absolute atomic E-state index is 0.204. The number of thioether (sulfide) groups is 1. The maximum absolute atomic E-state index is 12.4. The van der Waals surface area contributed by atoms with Crippen molar-refractivity contribution in [2.24, 2.45) is 0 Å². The molecule has 0 aliphatic heterocycles. The molecule has 3 N–H and O–H groups in total. The normalized spacial score (nSPS) is 10.5. The van der Waals surface area contributed by atoms with E-state index in [0.29, 0.717) is 17.4 Å². The van der Waals surface area contributed by atoms with Gasteiger partial charge in [0, 0.05) is 22.2 Å². The van der Waals surface area contributed by atoms with Crippen molar-refractivity contribution in [1.82, 2.24) is 20.7 Å². The van der Waals surface area contributed by atoms with Gasteiger partial charge >= 0.3 is 0 Å². The zero-order valence-corrected chi connectivity index (χ0v) is 15.0. The fourth-order valence-electron chi connectivity index (χ4n) is 2.16. The Morgan fingerprint density at radius 3 is 2.52 bits per heavy atom. The Morgan fingerprint density at radius 1 is 1.12 bits per heavy atom. The van der Waals surface area contributed by atoms with Gasteiger partial charge in [-0.05, 0) is 48.2 Å². The van der Waals surface area contributed by atoms with Crippen LogP contribution in [-0.2, 0) is 6.54 Å². The van der Waals surface area contributed by atoms with Gasteiger partial charge in [-0.3, -0.25) is 4.79 Å². The van der Waals surface area contributed by atoms with Crippen LogP contribution >= 0.6 is 23.4 Å². The molecule has 3 aromatic rings. The first kappa shape index (κ1) is 17.3.